The zero-order chi connectivity index (χ0) is 14.8. The molecule has 0 aromatic heterocycles. The molecule has 0 aliphatic carbocycles. The fraction of sp³-hybridized carbons (Fsp3) is 0.750. The largest absolute Gasteiger partial charge is 0.139 e. The van der Waals surface area contributed by atoms with E-state index in [2.05, 4.69) is 90.7 Å². The lowest BCUT2D eigenvalue weighted by Gasteiger charge is -2.31. The minimum absolute atomic E-state index is 0.318. The Hall–Kier alpha value is -0.446. The van der Waals surface area contributed by atoms with Gasteiger partial charge < -0.3 is 0 Å². The van der Waals surface area contributed by atoms with Crippen LogP contribution in [-0.2, 0) is 0 Å². The van der Waals surface area contributed by atoms with Gasteiger partial charge in [0.2, 0.25) is 0 Å². The molecule has 0 N–H and O–H groups in total. The third-order valence-electron chi connectivity index (χ3n) is 4.56. The molecule has 102 valence electrons. The summed E-state index contributed by atoms with van der Waals surface area (Å²) < 4.78 is 0. The zero-order valence-corrected chi connectivity index (χ0v) is 16.0. The van der Waals surface area contributed by atoms with E-state index in [1.807, 2.05) is 0 Å². The number of rotatable bonds is 0. The fourth-order valence-corrected chi connectivity index (χ4v) is 2.25. The van der Waals surface area contributed by atoms with Crippen LogP contribution in [0.4, 0.5) is 0 Å². The Morgan fingerprint density at radius 2 is 0.778 bits per heavy atom. The van der Waals surface area contributed by atoms with Crippen molar-refractivity contribution in [3.8, 4) is 22.9 Å². The molecule has 0 radical (unpaired) electrons. The molecule has 2 heteroatoms. The molecule has 0 unspecified atom stereocenters. The third kappa shape index (κ3) is 4.67. The first-order valence-electron chi connectivity index (χ1n) is 6.75. The second-order valence-corrected chi connectivity index (χ2v) is 18.2. The van der Waals surface area contributed by atoms with Crippen LogP contribution in [0, 0.1) is 22.9 Å². The van der Waals surface area contributed by atoms with Gasteiger partial charge in [-0.15, -0.1) is 11.1 Å². The SMILES string of the molecule is CC(C)(C)[Si](C)(C)C#CC#C[Si](C)(C)C(C)(C)C. The molecule has 0 amide bonds. The molecule has 18 heavy (non-hydrogen) atoms. The van der Waals surface area contributed by atoms with Crippen molar-refractivity contribution in [2.75, 3.05) is 0 Å². The van der Waals surface area contributed by atoms with Gasteiger partial charge in [0.1, 0.15) is 16.1 Å². The van der Waals surface area contributed by atoms with Crippen LogP contribution in [0.3, 0.4) is 0 Å². The molecule has 0 fully saturated rings. The molecule has 0 heterocycles. The minimum atomic E-state index is -1.50. The van der Waals surface area contributed by atoms with Crippen LogP contribution in [0.1, 0.15) is 41.5 Å². The molecule has 0 aromatic carbocycles. The van der Waals surface area contributed by atoms with Crippen LogP contribution >= 0.6 is 0 Å². The van der Waals surface area contributed by atoms with E-state index in [0.29, 0.717) is 10.1 Å². The summed E-state index contributed by atoms with van der Waals surface area (Å²) in [6.07, 6.45) is 0. The molecular weight excluding hydrogens is 248 g/mol. The van der Waals surface area contributed by atoms with Crippen LogP contribution in [0.2, 0.25) is 36.3 Å². The Kier molecular flexibility index (Phi) is 5.14. The maximum Gasteiger partial charge on any atom is 0.139 e. The summed E-state index contributed by atoms with van der Waals surface area (Å²) in [5.74, 6) is 6.29. The van der Waals surface area contributed by atoms with Crippen molar-refractivity contribution >= 4 is 16.1 Å². The molecule has 0 aromatic rings. The van der Waals surface area contributed by atoms with Crippen LogP contribution in [0.5, 0.6) is 0 Å². The quantitative estimate of drug-likeness (QED) is 0.428. The second kappa shape index (κ2) is 5.27. The summed E-state index contributed by atoms with van der Waals surface area (Å²) >= 11 is 0. The van der Waals surface area contributed by atoms with Gasteiger partial charge in [-0.3, -0.25) is 0 Å². The lowest BCUT2D eigenvalue weighted by molar-refractivity contribution is 0.730. The van der Waals surface area contributed by atoms with Gasteiger partial charge in [0.05, 0.1) is 0 Å². The van der Waals surface area contributed by atoms with Crippen molar-refractivity contribution in [3.05, 3.63) is 0 Å². The van der Waals surface area contributed by atoms with Crippen molar-refractivity contribution in [1.29, 1.82) is 0 Å². The summed E-state index contributed by atoms with van der Waals surface area (Å²) in [4.78, 5) is 0. The Balaban J connectivity index is 5.05. The van der Waals surface area contributed by atoms with Crippen molar-refractivity contribution < 1.29 is 0 Å². The lowest BCUT2D eigenvalue weighted by Crippen LogP contribution is -2.36. The van der Waals surface area contributed by atoms with Gasteiger partial charge in [-0.05, 0) is 21.9 Å². The molecule has 0 spiro atoms. The predicted molar refractivity (Wildman–Crippen MR) is 89.9 cm³/mol. The smallest absolute Gasteiger partial charge is 0.117 e. The van der Waals surface area contributed by atoms with Crippen molar-refractivity contribution in [2.24, 2.45) is 0 Å². The Morgan fingerprint density at radius 1 is 0.556 bits per heavy atom. The molecule has 0 aliphatic rings. The molecule has 0 saturated carbocycles. The van der Waals surface area contributed by atoms with Gasteiger partial charge in [-0.2, -0.15) is 0 Å². The van der Waals surface area contributed by atoms with E-state index in [9.17, 15) is 0 Å². The summed E-state index contributed by atoms with van der Waals surface area (Å²) in [6.45, 7) is 23.0. The van der Waals surface area contributed by atoms with Gasteiger partial charge >= 0.3 is 0 Å². The van der Waals surface area contributed by atoms with Crippen LogP contribution in [0.25, 0.3) is 0 Å². The molecule has 0 atom stereocenters. The van der Waals surface area contributed by atoms with Gasteiger partial charge in [0.15, 0.2) is 0 Å². The first kappa shape index (κ1) is 17.6. The number of hydrogen-bond donors (Lipinski definition) is 0. The van der Waals surface area contributed by atoms with Crippen LogP contribution < -0.4 is 0 Å². The highest BCUT2D eigenvalue weighted by molar-refractivity contribution is 6.88. The van der Waals surface area contributed by atoms with E-state index in [4.69, 9.17) is 0 Å². The monoisotopic (exact) mass is 278 g/mol. The fourth-order valence-electron chi connectivity index (χ4n) is 0.750. The minimum Gasteiger partial charge on any atom is -0.117 e. The van der Waals surface area contributed by atoms with E-state index < -0.39 is 16.1 Å². The summed E-state index contributed by atoms with van der Waals surface area (Å²) in [7, 11) is -2.99. The van der Waals surface area contributed by atoms with Gasteiger partial charge in [0, 0.05) is 0 Å². The molecule has 0 aliphatic heterocycles. The van der Waals surface area contributed by atoms with E-state index in [1.54, 1.807) is 0 Å². The third-order valence-corrected chi connectivity index (χ3v) is 13.6. The second-order valence-electron chi connectivity index (χ2n) is 8.25. The molecule has 0 nitrogen and oxygen atoms in total. The maximum absolute atomic E-state index is 3.46. The average molecular weight is 279 g/mol. The van der Waals surface area contributed by atoms with E-state index >= 15 is 0 Å². The van der Waals surface area contributed by atoms with E-state index in [-0.39, 0.29) is 0 Å². The van der Waals surface area contributed by atoms with Crippen molar-refractivity contribution in [1.82, 2.24) is 0 Å². The maximum atomic E-state index is 3.46. The summed E-state index contributed by atoms with van der Waals surface area (Å²) in [5, 5.41) is 0.636. The molecular formula is C16H30Si2. The predicted octanol–water partition coefficient (Wildman–Crippen LogP) is 5.09. The van der Waals surface area contributed by atoms with Crippen molar-refractivity contribution in [3.63, 3.8) is 0 Å². The highest BCUT2D eigenvalue weighted by Gasteiger charge is 2.34. The van der Waals surface area contributed by atoms with Crippen LogP contribution in [0.15, 0.2) is 0 Å². The van der Waals surface area contributed by atoms with Crippen LogP contribution in [-0.4, -0.2) is 16.1 Å². The van der Waals surface area contributed by atoms with E-state index in [0.717, 1.165) is 0 Å². The lowest BCUT2D eigenvalue weighted by atomic mass is 10.2. The van der Waals surface area contributed by atoms with Gasteiger partial charge in [0.25, 0.3) is 0 Å². The van der Waals surface area contributed by atoms with E-state index in [1.165, 1.54) is 0 Å². The normalized spacial score (nSPS) is 13.2. The molecule has 0 saturated heterocycles. The highest BCUT2D eigenvalue weighted by atomic mass is 28.3. The summed E-state index contributed by atoms with van der Waals surface area (Å²) in [6, 6.07) is 0. The topological polar surface area (TPSA) is 0 Å². The zero-order valence-electron chi connectivity index (χ0n) is 14.0. The Labute approximate surface area is 117 Å². The summed E-state index contributed by atoms with van der Waals surface area (Å²) in [5.41, 5.74) is 6.92. The van der Waals surface area contributed by atoms with Gasteiger partial charge in [-0.1, -0.05) is 67.7 Å². The first-order chi connectivity index (χ1) is 7.71. The first-order valence-corrected chi connectivity index (χ1v) is 12.8. The average Bonchev–Trinajstić information content (AvgIpc) is 2.08. The van der Waals surface area contributed by atoms with Gasteiger partial charge in [-0.25, -0.2) is 0 Å². The molecule has 0 rings (SSSR count). The van der Waals surface area contributed by atoms with Crippen molar-refractivity contribution in [2.45, 2.75) is 77.8 Å². The molecule has 0 bridgehead atoms. The Bertz CT molecular complexity index is 364. The highest BCUT2D eigenvalue weighted by Crippen LogP contribution is 2.35. The number of hydrogen-bond acceptors (Lipinski definition) is 0. The standard InChI is InChI=1S/C16H30Si2/c1-15(2,3)17(7,8)13-11-12-14-18(9,10)16(4,5)6/h1-10H3. The Morgan fingerprint density at radius 3 is 0.944 bits per heavy atom.